The standard InChI is InChI=1S/C12H24B/c1-4-13-12(3)9-7-5-6-8-11(2)10-12/h11H,4-10H2,1-3H3. The first-order chi connectivity index (χ1) is 6.16. The van der Waals surface area contributed by atoms with E-state index in [0.717, 1.165) is 5.92 Å². The third-order valence-electron chi connectivity index (χ3n) is 3.46. The molecule has 0 aromatic rings. The van der Waals surface area contributed by atoms with Crippen LogP contribution in [0.3, 0.4) is 0 Å². The van der Waals surface area contributed by atoms with Crippen molar-refractivity contribution in [2.24, 2.45) is 5.92 Å². The Hall–Kier alpha value is 0.0649. The summed E-state index contributed by atoms with van der Waals surface area (Å²) in [6, 6.07) is 0. The Labute approximate surface area is 84.7 Å². The van der Waals surface area contributed by atoms with Crippen LogP contribution < -0.4 is 0 Å². The van der Waals surface area contributed by atoms with Crippen molar-refractivity contribution in [2.45, 2.75) is 70.9 Å². The lowest BCUT2D eigenvalue weighted by atomic mass is 9.47. The summed E-state index contributed by atoms with van der Waals surface area (Å²) in [4.78, 5) is 0. The maximum atomic E-state index is 2.55. The zero-order valence-corrected chi connectivity index (χ0v) is 9.60. The molecule has 1 radical (unpaired) electrons. The fraction of sp³-hybridized carbons (Fsp3) is 1.00. The van der Waals surface area contributed by atoms with E-state index in [9.17, 15) is 0 Å². The second-order valence-corrected chi connectivity index (χ2v) is 5.18. The van der Waals surface area contributed by atoms with Gasteiger partial charge in [-0.1, -0.05) is 70.9 Å². The molecule has 2 atom stereocenters. The van der Waals surface area contributed by atoms with E-state index in [-0.39, 0.29) is 0 Å². The van der Waals surface area contributed by atoms with E-state index in [1.807, 2.05) is 0 Å². The molecule has 1 aliphatic carbocycles. The molecular formula is C12H24B. The van der Waals surface area contributed by atoms with Crippen LogP contribution in [-0.2, 0) is 0 Å². The Balaban J connectivity index is 2.48. The van der Waals surface area contributed by atoms with Crippen molar-refractivity contribution in [3.8, 4) is 0 Å². The van der Waals surface area contributed by atoms with E-state index in [0.29, 0.717) is 5.31 Å². The fourth-order valence-corrected chi connectivity index (χ4v) is 2.88. The summed E-state index contributed by atoms with van der Waals surface area (Å²) in [6.07, 6.45) is 9.89. The van der Waals surface area contributed by atoms with Crippen molar-refractivity contribution in [2.75, 3.05) is 0 Å². The highest BCUT2D eigenvalue weighted by molar-refractivity contribution is 6.39. The predicted octanol–water partition coefficient (Wildman–Crippen LogP) is 4.30. The highest BCUT2D eigenvalue weighted by atomic mass is 14.2. The van der Waals surface area contributed by atoms with Crippen molar-refractivity contribution in [3.63, 3.8) is 0 Å². The minimum absolute atomic E-state index is 0.550. The zero-order chi connectivity index (χ0) is 9.73. The van der Waals surface area contributed by atoms with Crippen molar-refractivity contribution < 1.29 is 0 Å². The van der Waals surface area contributed by atoms with Gasteiger partial charge in [0.05, 0.1) is 0 Å². The minimum atomic E-state index is 0.550. The van der Waals surface area contributed by atoms with E-state index in [1.54, 1.807) is 0 Å². The maximum absolute atomic E-state index is 2.55. The van der Waals surface area contributed by atoms with Crippen molar-refractivity contribution >= 4 is 7.28 Å². The molecule has 0 N–H and O–H groups in total. The smallest absolute Gasteiger partial charge is 0.0824 e. The summed E-state index contributed by atoms with van der Waals surface area (Å²) < 4.78 is 0. The Morgan fingerprint density at radius 1 is 1.31 bits per heavy atom. The molecule has 1 fully saturated rings. The van der Waals surface area contributed by atoms with Crippen LogP contribution in [0, 0.1) is 5.92 Å². The molecule has 13 heavy (non-hydrogen) atoms. The summed E-state index contributed by atoms with van der Waals surface area (Å²) in [5, 5.41) is 0.550. The van der Waals surface area contributed by atoms with Gasteiger partial charge in [-0.2, -0.15) is 0 Å². The molecule has 0 amide bonds. The molecule has 1 saturated carbocycles. The van der Waals surface area contributed by atoms with Gasteiger partial charge in [0.15, 0.2) is 0 Å². The molecule has 0 nitrogen and oxygen atoms in total. The number of rotatable bonds is 2. The first kappa shape index (κ1) is 11.1. The quantitative estimate of drug-likeness (QED) is 0.554. The van der Waals surface area contributed by atoms with E-state index < -0.39 is 0 Å². The van der Waals surface area contributed by atoms with Crippen LogP contribution in [-0.4, -0.2) is 7.28 Å². The Morgan fingerprint density at radius 2 is 2.08 bits per heavy atom. The van der Waals surface area contributed by atoms with Gasteiger partial charge in [0.25, 0.3) is 0 Å². The molecule has 0 heterocycles. The average molecular weight is 179 g/mol. The molecular weight excluding hydrogens is 155 g/mol. The molecule has 0 aromatic carbocycles. The highest BCUT2D eigenvalue weighted by Crippen LogP contribution is 2.42. The van der Waals surface area contributed by atoms with Gasteiger partial charge in [-0.25, -0.2) is 0 Å². The topological polar surface area (TPSA) is 0 Å². The van der Waals surface area contributed by atoms with E-state index in [4.69, 9.17) is 0 Å². The largest absolute Gasteiger partial charge is 0.117 e. The van der Waals surface area contributed by atoms with Gasteiger partial charge in [0.1, 0.15) is 7.28 Å². The summed E-state index contributed by atoms with van der Waals surface area (Å²) in [6.45, 7) is 7.15. The Kier molecular flexibility index (Phi) is 4.35. The third kappa shape index (κ3) is 3.75. The normalized spacial score (nSPS) is 36.4. The van der Waals surface area contributed by atoms with Gasteiger partial charge in [-0.05, 0) is 5.92 Å². The summed E-state index contributed by atoms with van der Waals surface area (Å²) >= 11 is 0. The van der Waals surface area contributed by atoms with E-state index >= 15 is 0 Å². The van der Waals surface area contributed by atoms with Crippen LogP contribution in [0.25, 0.3) is 0 Å². The maximum Gasteiger partial charge on any atom is 0.117 e. The highest BCUT2D eigenvalue weighted by Gasteiger charge is 2.26. The summed E-state index contributed by atoms with van der Waals surface area (Å²) in [7, 11) is 2.55. The first-order valence-corrected chi connectivity index (χ1v) is 6.00. The summed E-state index contributed by atoms with van der Waals surface area (Å²) in [5.41, 5.74) is 0. The molecule has 0 spiro atoms. The van der Waals surface area contributed by atoms with Gasteiger partial charge in [0.2, 0.25) is 0 Å². The lowest BCUT2D eigenvalue weighted by Crippen LogP contribution is -2.21. The monoisotopic (exact) mass is 179 g/mol. The molecule has 1 rings (SSSR count). The van der Waals surface area contributed by atoms with Gasteiger partial charge in [0, 0.05) is 0 Å². The molecule has 1 heteroatoms. The number of hydrogen-bond donors (Lipinski definition) is 0. The minimum Gasteiger partial charge on any atom is -0.0824 e. The molecule has 0 aliphatic heterocycles. The molecule has 75 valence electrons. The van der Waals surface area contributed by atoms with Crippen molar-refractivity contribution in [3.05, 3.63) is 0 Å². The van der Waals surface area contributed by atoms with Gasteiger partial charge >= 0.3 is 0 Å². The van der Waals surface area contributed by atoms with Crippen LogP contribution in [0.4, 0.5) is 0 Å². The zero-order valence-electron chi connectivity index (χ0n) is 9.60. The van der Waals surface area contributed by atoms with Gasteiger partial charge in [-0.15, -0.1) is 0 Å². The van der Waals surface area contributed by atoms with E-state index in [1.165, 1.54) is 44.8 Å². The predicted molar refractivity (Wildman–Crippen MR) is 61.5 cm³/mol. The molecule has 0 saturated heterocycles. The second-order valence-electron chi connectivity index (χ2n) is 5.18. The first-order valence-electron chi connectivity index (χ1n) is 6.00. The third-order valence-corrected chi connectivity index (χ3v) is 3.46. The van der Waals surface area contributed by atoms with Crippen molar-refractivity contribution in [1.82, 2.24) is 0 Å². The second kappa shape index (κ2) is 5.07. The Bertz CT molecular complexity index is 144. The van der Waals surface area contributed by atoms with Crippen molar-refractivity contribution in [1.29, 1.82) is 0 Å². The molecule has 0 bridgehead atoms. The van der Waals surface area contributed by atoms with Crippen LogP contribution >= 0.6 is 0 Å². The molecule has 1 aliphatic rings. The lowest BCUT2D eigenvalue weighted by molar-refractivity contribution is 0.340. The SMILES string of the molecule is CC[B]C1(C)CCCCCC(C)C1. The Morgan fingerprint density at radius 3 is 2.77 bits per heavy atom. The lowest BCUT2D eigenvalue weighted by Gasteiger charge is -2.34. The number of hydrogen-bond acceptors (Lipinski definition) is 0. The van der Waals surface area contributed by atoms with Crippen LogP contribution in [0.1, 0.15) is 59.3 Å². The van der Waals surface area contributed by atoms with Crippen LogP contribution in [0.15, 0.2) is 0 Å². The molecule has 2 unspecified atom stereocenters. The molecule has 0 aromatic heterocycles. The van der Waals surface area contributed by atoms with Gasteiger partial charge in [-0.3, -0.25) is 0 Å². The van der Waals surface area contributed by atoms with Crippen LogP contribution in [0.2, 0.25) is 11.6 Å². The van der Waals surface area contributed by atoms with Gasteiger partial charge < -0.3 is 0 Å². The van der Waals surface area contributed by atoms with Crippen LogP contribution in [0.5, 0.6) is 0 Å². The fourth-order valence-electron chi connectivity index (χ4n) is 2.88. The average Bonchev–Trinajstić information content (AvgIpc) is 2.01. The van der Waals surface area contributed by atoms with E-state index in [2.05, 4.69) is 28.1 Å². The summed E-state index contributed by atoms with van der Waals surface area (Å²) in [5.74, 6) is 0.938.